The van der Waals surface area contributed by atoms with Crippen molar-refractivity contribution in [1.82, 2.24) is 4.90 Å². The van der Waals surface area contributed by atoms with E-state index in [0.29, 0.717) is 29.2 Å². The van der Waals surface area contributed by atoms with Crippen LogP contribution in [0, 0.1) is 0 Å². The zero-order chi connectivity index (χ0) is 17.1. The molecule has 0 radical (unpaired) electrons. The molecular formula is C19H20ClNO3. The summed E-state index contributed by atoms with van der Waals surface area (Å²) in [7, 11) is 1.71. The van der Waals surface area contributed by atoms with Gasteiger partial charge in [-0.3, -0.25) is 4.79 Å². The number of amides is 1. The van der Waals surface area contributed by atoms with Crippen LogP contribution in [0.15, 0.2) is 42.5 Å². The van der Waals surface area contributed by atoms with Crippen molar-refractivity contribution in [2.24, 2.45) is 0 Å². The molecule has 0 bridgehead atoms. The van der Waals surface area contributed by atoms with E-state index < -0.39 is 0 Å². The molecule has 1 saturated heterocycles. The van der Waals surface area contributed by atoms with E-state index in [1.54, 1.807) is 37.4 Å². The lowest BCUT2D eigenvalue weighted by Gasteiger charge is -2.31. The first-order chi connectivity index (χ1) is 11.6. The van der Waals surface area contributed by atoms with Gasteiger partial charge in [-0.25, -0.2) is 0 Å². The molecule has 0 saturated carbocycles. The summed E-state index contributed by atoms with van der Waals surface area (Å²) in [5.74, 6) is 0.151. The Hall–Kier alpha value is -2.04. The number of phenolic OH excluding ortho intramolecular Hbond substituents is 1. The average molecular weight is 346 g/mol. The minimum atomic E-state index is 0.00733. The maximum absolute atomic E-state index is 12.7. The summed E-state index contributed by atoms with van der Waals surface area (Å²) in [6.07, 6.45) is 1.96. The van der Waals surface area contributed by atoms with E-state index in [4.69, 9.17) is 16.3 Å². The molecule has 2 aromatic carbocycles. The van der Waals surface area contributed by atoms with Crippen molar-refractivity contribution in [3.05, 3.63) is 53.1 Å². The SMILES string of the molecule is COC1CCN(C(=O)c2cccc(-c3cc(Cl)ccc3O)c2)CC1. The van der Waals surface area contributed by atoms with E-state index >= 15 is 0 Å². The number of phenols is 1. The number of hydrogen-bond donors (Lipinski definition) is 1. The van der Waals surface area contributed by atoms with Crippen molar-refractivity contribution in [2.45, 2.75) is 18.9 Å². The van der Waals surface area contributed by atoms with Gasteiger partial charge in [-0.15, -0.1) is 0 Å². The smallest absolute Gasteiger partial charge is 0.253 e. The van der Waals surface area contributed by atoms with Gasteiger partial charge in [0.25, 0.3) is 5.91 Å². The van der Waals surface area contributed by atoms with E-state index in [1.807, 2.05) is 17.0 Å². The van der Waals surface area contributed by atoms with Crippen LogP contribution < -0.4 is 0 Å². The molecule has 5 heteroatoms. The van der Waals surface area contributed by atoms with Crippen LogP contribution in [0.5, 0.6) is 5.75 Å². The number of carbonyl (C=O) groups excluding carboxylic acids is 1. The number of aromatic hydroxyl groups is 1. The van der Waals surface area contributed by atoms with Crippen LogP contribution in [-0.4, -0.2) is 42.2 Å². The summed E-state index contributed by atoms with van der Waals surface area (Å²) in [4.78, 5) is 14.6. The molecule has 0 aromatic heterocycles. The molecule has 0 aliphatic carbocycles. The predicted octanol–water partition coefficient (Wildman–Crippen LogP) is 3.96. The second-order valence-electron chi connectivity index (χ2n) is 5.97. The largest absolute Gasteiger partial charge is 0.507 e. The second kappa shape index (κ2) is 7.24. The average Bonchev–Trinajstić information content (AvgIpc) is 2.63. The predicted molar refractivity (Wildman–Crippen MR) is 94.5 cm³/mol. The summed E-state index contributed by atoms with van der Waals surface area (Å²) >= 11 is 6.02. The van der Waals surface area contributed by atoms with Crippen molar-refractivity contribution < 1.29 is 14.6 Å². The zero-order valence-electron chi connectivity index (χ0n) is 13.5. The molecule has 0 unspecified atom stereocenters. The first kappa shape index (κ1) is 16.8. The molecule has 24 heavy (non-hydrogen) atoms. The van der Waals surface area contributed by atoms with Gasteiger partial charge in [-0.2, -0.15) is 0 Å². The highest BCUT2D eigenvalue weighted by Crippen LogP contribution is 2.32. The van der Waals surface area contributed by atoms with Crippen molar-refractivity contribution in [3.8, 4) is 16.9 Å². The molecule has 1 amide bonds. The van der Waals surface area contributed by atoms with Gasteiger partial charge in [0.1, 0.15) is 5.75 Å². The molecule has 4 nitrogen and oxygen atoms in total. The zero-order valence-corrected chi connectivity index (χ0v) is 14.3. The number of benzene rings is 2. The van der Waals surface area contributed by atoms with Crippen LogP contribution in [-0.2, 0) is 4.74 Å². The number of likely N-dealkylation sites (tertiary alicyclic amines) is 1. The third kappa shape index (κ3) is 3.55. The molecule has 1 heterocycles. The first-order valence-corrected chi connectivity index (χ1v) is 8.37. The third-order valence-electron chi connectivity index (χ3n) is 4.44. The van der Waals surface area contributed by atoms with Crippen LogP contribution in [0.3, 0.4) is 0 Å². The molecule has 0 atom stereocenters. The standard InChI is InChI=1S/C19H20ClNO3/c1-24-16-7-9-21(10-8-16)19(23)14-4-2-3-13(11-14)17-12-15(20)5-6-18(17)22/h2-6,11-12,16,22H,7-10H2,1H3. The Labute approximate surface area is 146 Å². The molecule has 1 fully saturated rings. The maximum Gasteiger partial charge on any atom is 0.253 e. The Kier molecular flexibility index (Phi) is 5.07. The van der Waals surface area contributed by atoms with Crippen molar-refractivity contribution >= 4 is 17.5 Å². The normalized spacial score (nSPS) is 15.5. The minimum Gasteiger partial charge on any atom is -0.507 e. The van der Waals surface area contributed by atoms with Crippen molar-refractivity contribution in [1.29, 1.82) is 0 Å². The maximum atomic E-state index is 12.7. The summed E-state index contributed by atoms with van der Waals surface area (Å²) < 4.78 is 5.35. The van der Waals surface area contributed by atoms with Gasteiger partial charge < -0.3 is 14.7 Å². The van der Waals surface area contributed by atoms with Crippen LogP contribution >= 0.6 is 11.6 Å². The summed E-state index contributed by atoms with van der Waals surface area (Å²) in [5, 5.41) is 10.6. The summed E-state index contributed by atoms with van der Waals surface area (Å²) in [6.45, 7) is 1.40. The van der Waals surface area contributed by atoms with Crippen LogP contribution in [0.2, 0.25) is 5.02 Å². The molecular weight excluding hydrogens is 326 g/mol. The lowest BCUT2D eigenvalue weighted by Crippen LogP contribution is -2.40. The van der Waals surface area contributed by atoms with Crippen LogP contribution in [0.25, 0.3) is 11.1 Å². The number of ether oxygens (including phenoxy) is 1. The van der Waals surface area contributed by atoms with Gasteiger partial charge in [0.2, 0.25) is 0 Å². The molecule has 1 aliphatic rings. The van der Waals surface area contributed by atoms with E-state index in [9.17, 15) is 9.90 Å². The van der Waals surface area contributed by atoms with Gasteiger partial charge in [-0.05, 0) is 48.7 Å². The Balaban J connectivity index is 1.83. The fourth-order valence-electron chi connectivity index (χ4n) is 3.04. The van der Waals surface area contributed by atoms with Crippen molar-refractivity contribution in [3.63, 3.8) is 0 Å². The highest BCUT2D eigenvalue weighted by Gasteiger charge is 2.23. The van der Waals surface area contributed by atoms with Gasteiger partial charge in [0.05, 0.1) is 6.10 Å². The van der Waals surface area contributed by atoms with E-state index in [1.165, 1.54) is 0 Å². The molecule has 1 N–H and O–H groups in total. The number of nitrogens with zero attached hydrogens (tertiary/aromatic N) is 1. The summed E-state index contributed by atoms with van der Waals surface area (Å²) in [5.41, 5.74) is 2.01. The van der Waals surface area contributed by atoms with Gasteiger partial charge >= 0.3 is 0 Å². The lowest BCUT2D eigenvalue weighted by atomic mass is 10.0. The fourth-order valence-corrected chi connectivity index (χ4v) is 3.21. The Morgan fingerprint density at radius 2 is 1.96 bits per heavy atom. The molecule has 1 aliphatic heterocycles. The number of piperidine rings is 1. The van der Waals surface area contributed by atoms with Gasteiger partial charge in [-0.1, -0.05) is 23.7 Å². The molecule has 0 spiro atoms. The highest BCUT2D eigenvalue weighted by molar-refractivity contribution is 6.31. The van der Waals surface area contributed by atoms with Crippen molar-refractivity contribution in [2.75, 3.05) is 20.2 Å². The monoisotopic (exact) mass is 345 g/mol. The Morgan fingerprint density at radius 1 is 1.21 bits per heavy atom. The quantitative estimate of drug-likeness (QED) is 0.915. The lowest BCUT2D eigenvalue weighted by molar-refractivity contribution is 0.0351. The minimum absolute atomic E-state index is 0.00733. The Bertz CT molecular complexity index is 739. The number of carbonyl (C=O) groups is 1. The number of rotatable bonds is 3. The number of hydrogen-bond acceptors (Lipinski definition) is 3. The Morgan fingerprint density at radius 3 is 2.67 bits per heavy atom. The number of halogens is 1. The molecule has 126 valence electrons. The van der Waals surface area contributed by atoms with E-state index in [0.717, 1.165) is 18.4 Å². The van der Waals surface area contributed by atoms with Crippen LogP contribution in [0.1, 0.15) is 23.2 Å². The first-order valence-electron chi connectivity index (χ1n) is 7.99. The molecule has 2 aromatic rings. The van der Waals surface area contributed by atoms with E-state index in [-0.39, 0.29) is 17.8 Å². The second-order valence-corrected chi connectivity index (χ2v) is 6.41. The fraction of sp³-hybridized carbons (Fsp3) is 0.316. The van der Waals surface area contributed by atoms with E-state index in [2.05, 4.69) is 0 Å². The summed E-state index contributed by atoms with van der Waals surface area (Å²) in [6, 6.07) is 12.2. The number of methoxy groups -OCH3 is 1. The van der Waals surface area contributed by atoms with Gasteiger partial charge in [0, 0.05) is 36.3 Å². The van der Waals surface area contributed by atoms with Gasteiger partial charge in [0.15, 0.2) is 0 Å². The topological polar surface area (TPSA) is 49.8 Å². The highest BCUT2D eigenvalue weighted by atomic mass is 35.5. The van der Waals surface area contributed by atoms with Crippen LogP contribution in [0.4, 0.5) is 0 Å². The third-order valence-corrected chi connectivity index (χ3v) is 4.68. The molecule has 3 rings (SSSR count).